The predicted molar refractivity (Wildman–Crippen MR) is 56.3 cm³/mol. The smallest absolute Gasteiger partial charge is 0.115 e. The van der Waals surface area contributed by atoms with E-state index in [0.717, 1.165) is 11.8 Å². The van der Waals surface area contributed by atoms with Gasteiger partial charge in [0.1, 0.15) is 5.75 Å². The molecule has 14 heavy (non-hydrogen) atoms. The maximum atomic E-state index is 9.38. The zero-order valence-electron chi connectivity index (χ0n) is 8.37. The van der Waals surface area contributed by atoms with Crippen LogP contribution in [0.1, 0.15) is 30.4 Å². The summed E-state index contributed by atoms with van der Waals surface area (Å²) in [5, 5.41) is 9.38. The maximum absolute atomic E-state index is 9.38. The molecular weight excluding hydrogens is 172 g/mol. The third kappa shape index (κ3) is 1.41. The van der Waals surface area contributed by atoms with Gasteiger partial charge in [-0.15, -0.1) is 0 Å². The van der Waals surface area contributed by atoms with E-state index in [1.54, 1.807) is 0 Å². The number of aryl methyl sites for hydroxylation is 1. The normalized spacial score (nSPS) is 25.9. The predicted octanol–water partition coefficient (Wildman–Crippen LogP) is 2.91. The zero-order valence-corrected chi connectivity index (χ0v) is 8.37. The van der Waals surface area contributed by atoms with Gasteiger partial charge in [0.15, 0.2) is 0 Å². The molecule has 2 aliphatic rings. The van der Waals surface area contributed by atoms with E-state index in [0.29, 0.717) is 5.75 Å². The van der Waals surface area contributed by atoms with Gasteiger partial charge in [0.2, 0.25) is 0 Å². The maximum Gasteiger partial charge on any atom is 0.115 e. The van der Waals surface area contributed by atoms with Gasteiger partial charge in [0.05, 0.1) is 0 Å². The number of rotatable bonds is 1. The van der Waals surface area contributed by atoms with Crippen LogP contribution in [0.3, 0.4) is 0 Å². The molecule has 1 aromatic rings. The Bertz CT molecular complexity index is 352. The van der Waals surface area contributed by atoms with Crippen molar-refractivity contribution in [2.45, 2.75) is 32.1 Å². The molecule has 1 atom stereocenters. The number of benzene rings is 1. The summed E-state index contributed by atoms with van der Waals surface area (Å²) in [6.07, 6.45) is 6.67. The molecule has 0 unspecified atom stereocenters. The Morgan fingerprint density at radius 2 is 1.86 bits per heavy atom. The Balaban J connectivity index is 1.86. The van der Waals surface area contributed by atoms with Crippen molar-refractivity contribution in [1.82, 2.24) is 0 Å². The Kier molecular flexibility index (Phi) is 1.79. The molecule has 1 fully saturated rings. The summed E-state index contributed by atoms with van der Waals surface area (Å²) >= 11 is 0. The van der Waals surface area contributed by atoms with Crippen LogP contribution in [0.15, 0.2) is 18.2 Å². The average molecular weight is 188 g/mol. The second-order valence-corrected chi connectivity index (χ2v) is 4.79. The second-order valence-electron chi connectivity index (χ2n) is 4.79. The summed E-state index contributed by atoms with van der Waals surface area (Å²) in [6, 6.07) is 5.88. The molecule has 1 nitrogen and oxygen atoms in total. The molecule has 1 N–H and O–H groups in total. The van der Waals surface area contributed by atoms with Crippen LogP contribution in [-0.4, -0.2) is 5.11 Å². The first-order valence-corrected chi connectivity index (χ1v) is 5.64. The quantitative estimate of drug-likeness (QED) is 0.718. The lowest BCUT2D eigenvalue weighted by Gasteiger charge is -2.24. The van der Waals surface area contributed by atoms with Gasteiger partial charge in [-0.05, 0) is 67.2 Å². The lowest BCUT2D eigenvalue weighted by molar-refractivity contribution is 0.404. The van der Waals surface area contributed by atoms with Crippen molar-refractivity contribution in [1.29, 1.82) is 0 Å². The number of hydrogen-bond donors (Lipinski definition) is 1. The first-order valence-electron chi connectivity index (χ1n) is 5.64. The van der Waals surface area contributed by atoms with Crippen LogP contribution in [0.5, 0.6) is 5.75 Å². The standard InChI is InChI=1S/C13H16O/c14-13-6-5-11-7-10(9-1-2-9)3-4-12(11)8-13/h5-6,8-10,14H,1-4,7H2/t10-/m1/s1. The van der Waals surface area contributed by atoms with Crippen molar-refractivity contribution in [3.63, 3.8) is 0 Å². The minimum atomic E-state index is 0.425. The van der Waals surface area contributed by atoms with Gasteiger partial charge in [0.25, 0.3) is 0 Å². The summed E-state index contributed by atoms with van der Waals surface area (Å²) in [5.41, 5.74) is 2.85. The van der Waals surface area contributed by atoms with Crippen LogP contribution in [0.2, 0.25) is 0 Å². The molecule has 2 aliphatic carbocycles. The molecule has 0 amide bonds. The van der Waals surface area contributed by atoms with E-state index in [1.807, 2.05) is 12.1 Å². The summed E-state index contributed by atoms with van der Waals surface area (Å²) < 4.78 is 0. The molecule has 1 heteroatoms. The SMILES string of the molecule is Oc1ccc2c(c1)CC[C@@H](C1CC1)C2. The Hall–Kier alpha value is -0.980. The van der Waals surface area contributed by atoms with E-state index in [9.17, 15) is 5.11 Å². The fraction of sp³-hybridized carbons (Fsp3) is 0.538. The molecule has 1 saturated carbocycles. The monoisotopic (exact) mass is 188 g/mol. The largest absolute Gasteiger partial charge is 0.508 e. The highest BCUT2D eigenvalue weighted by atomic mass is 16.3. The fourth-order valence-corrected chi connectivity index (χ4v) is 2.74. The number of phenols is 1. The van der Waals surface area contributed by atoms with Gasteiger partial charge in [-0.2, -0.15) is 0 Å². The van der Waals surface area contributed by atoms with E-state index in [1.165, 1.54) is 43.2 Å². The highest BCUT2D eigenvalue weighted by molar-refractivity contribution is 5.36. The molecule has 0 saturated heterocycles. The van der Waals surface area contributed by atoms with Gasteiger partial charge >= 0.3 is 0 Å². The number of aromatic hydroxyl groups is 1. The van der Waals surface area contributed by atoms with Gasteiger partial charge < -0.3 is 5.11 Å². The molecule has 0 aliphatic heterocycles. The minimum absolute atomic E-state index is 0.425. The first-order chi connectivity index (χ1) is 6.83. The van der Waals surface area contributed by atoms with Crippen LogP contribution in [0.4, 0.5) is 0 Å². The van der Waals surface area contributed by atoms with E-state index in [-0.39, 0.29) is 0 Å². The van der Waals surface area contributed by atoms with Crippen LogP contribution >= 0.6 is 0 Å². The van der Waals surface area contributed by atoms with Crippen molar-refractivity contribution < 1.29 is 5.11 Å². The Morgan fingerprint density at radius 3 is 2.64 bits per heavy atom. The van der Waals surface area contributed by atoms with E-state index >= 15 is 0 Å². The summed E-state index contributed by atoms with van der Waals surface area (Å²) in [5.74, 6) is 2.39. The first kappa shape index (κ1) is 8.34. The van der Waals surface area contributed by atoms with Crippen LogP contribution in [0, 0.1) is 11.8 Å². The Labute approximate surface area is 84.8 Å². The number of fused-ring (bicyclic) bond motifs is 1. The minimum Gasteiger partial charge on any atom is -0.508 e. The van der Waals surface area contributed by atoms with Gasteiger partial charge in [-0.3, -0.25) is 0 Å². The van der Waals surface area contributed by atoms with Gasteiger partial charge in [-0.25, -0.2) is 0 Å². The third-order valence-electron chi connectivity index (χ3n) is 3.75. The molecular formula is C13H16O. The lowest BCUT2D eigenvalue weighted by Crippen LogP contribution is -2.15. The molecule has 0 radical (unpaired) electrons. The second kappa shape index (κ2) is 3.01. The van der Waals surface area contributed by atoms with E-state index < -0.39 is 0 Å². The molecule has 3 rings (SSSR count). The van der Waals surface area contributed by atoms with Crippen LogP contribution in [0.25, 0.3) is 0 Å². The molecule has 0 heterocycles. The molecule has 74 valence electrons. The third-order valence-corrected chi connectivity index (χ3v) is 3.75. The molecule has 0 bridgehead atoms. The molecule has 0 aromatic heterocycles. The molecule has 1 aromatic carbocycles. The average Bonchev–Trinajstić information content (AvgIpc) is 3.00. The van der Waals surface area contributed by atoms with Crippen molar-refractivity contribution >= 4 is 0 Å². The van der Waals surface area contributed by atoms with Crippen molar-refractivity contribution in [2.75, 3.05) is 0 Å². The van der Waals surface area contributed by atoms with E-state index in [4.69, 9.17) is 0 Å². The number of phenolic OH excluding ortho intramolecular Hbond substituents is 1. The summed E-state index contributed by atoms with van der Waals surface area (Å²) in [6.45, 7) is 0. The lowest BCUT2D eigenvalue weighted by atomic mass is 9.81. The zero-order chi connectivity index (χ0) is 9.54. The molecule has 0 spiro atoms. The van der Waals surface area contributed by atoms with Crippen molar-refractivity contribution in [3.8, 4) is 5.75 Å². The summed E-state index contributed by atoms with van der Waals surface area (Å²) in [4.78, 5) is 0. The summed E-state index contributed by atoms with van der Waals surface area (Å²) in [7, 11) is 0. The van der Waals surface area contributed by atoms with E-state index in [2.05, 4.69) is 6.07 Å². The van der Waals surface area contributed by atoms with Crippen LogP contribution < -0.4 is 0 Å². The Morgan fingerprint density at radius 1 is 1.00 bits per heavy atom. The van der Waals surface area contributed by atoms with Crippen molar-refractivity contribution in [2.24, 2.45) is 11.8 Å². The topological polar surface area (TPSA) is 20.2 Å². The van der Waals surface area contributed by atoms with Gasteiger partial charge in [-0.1, -0.05) is 6.07 Å². The highest BCUT2D eigenvalue weighted by Crippen LogP contribution is 2.43. The highest BCUT2D eigenvalue weighted by Gasteiger charge is 2.33. The fourth-order valence-electron chi connectivity index (χ4n) is 2.74. The van der Waals surface area contributed by atoms with Crippen molar-refractivity contribution in [3.05, 3.63) is 29.3 Å². The van der Waals surface area contributed by atoms with Crippen LogP contribution in [-0.2, 0) is 12.8 Å². The number of hydrogen-bond acceptors (Lipinski definition) is 1. The van der Waals surface area contributed by atoms with Gasteiger partial charge in [0, 0.05) is 0 Å².